The highest BCUT2D eigenvalue weighted by atomic mass is 16.3. The van der Waals surface area contributed by atoms with E-state index in [1.165, 1.54) is 19.3 Å². The predicted octanol–water partition coefficient (Wildman–Crippen LogP) is 2.10. The van der Waals surface area contributed by atoms with Crippen molar-refractivity contribution in [3.05, 3.63) is 0 Å². The number of aliphatic hydroxyl groups excluding tert-OH is 1. The lowest BCUT2D eigenvalue weighted by Gasteiger charge is -2.30. The third kappa shape index (κ3) is 4.20. The summed E-state index contributed by atoms with van der Waals surface area (Å²) in [4.78, 5) is 4.56. The van der Waals surface area contributed by atoms with E-state index >= 15 is 0 Å². The smallest absolute Gasteiger partial charge is 0.0967 e. The third-order valence-electron chi connectivity index (χ3n) is 3.26. The number of rotatable bonds is 4. The van der Waals surface area contributed by atoms with E-state index in [0.717, 1.165) is 31.6 Å². The van der Waals surface area contributed by atoms with Crippen LogP contribution in [0.25, 0.3) is 0 Å². The molecule has 3 nitrogen and oxygen atoms in total. The molecule has 1 heterocycles. The van der Waals surface area contributed by atoms with Crippen molar-refractivity contribution in [3.63, 3.8) is 0 Å². The van der Waals surface area contributed by atoms with Crippen LogP contribution < -0.4 is 5.32 Å². The molecule has 0 aliphatic carbocycles. The van der Waals surface area contributed by atoms with Crippen molar-refractivity contribution < 1.29 is 5.11 Å². The Labute approximate surface area is 93.0 Å². The van der Waals surface area contributed by atoms with Gasteiger partial charge in [-0.2, -0.15) is 0 Å². The van der Waals surface area contributed by atoms with Crippen molar-refractivity contribution in [2.75, 3.05) is 13.2 Å². The SMILES string of the molecule is CCC(C)(CCO)NC1=NCCCCC1. The summed E-state index contributed by atoms with van der Waals surface area (Å²) in [6.07, 6.45) is 6.63. The van der Waals surface area contributed by atoms with Crippen LogP contribution in [-0.2, 0) is 0 Å². The summed E-state index contributed by atoms with van der Waals surface area (Å²) in [6.45, 7) is 5.52. The minimum Gasteiger partial charge on any atom is -0.396 e. The van der Waals surface area contributed by atoms with Gasteiger partial charge in [-0.1, -0.05) is 13.3 Å². The minimum absolute atomic E-state index is 0.0118. The number of hydrogen-bond acceptors (Lipinski definition) is 3. The Morgan fingerprint density at radius 3 is 2.87 bits per heavy atom. The Bertz CT molecular complexity index is 216. The van der Waals surface area contributed by atoms with Crippen LogP contribution in [0.2, 0.25) is 0 Å². The first-order chi connectivity index (χ1) is 7.20. The van der Waals surface area contributed by atoms with Crippen molar-refractivity contribution in [2.45, 2.75) is 57.9 Å². The van der Waals surface area contributed by atoms with E-state index in [0.29, 0.717) is 0 Å². The van der Waals surface area contributed by atoms with Crippen LogP contribution in [0.4, 0.5) is 0 Å². The van der Waals surface area contributed by atoms with E-state index < -0.39 is 0 Å². The first kappa shape index (κ1) is 12.5. The Balaban J connectivity index is 2.52. The average Bonchev–Trinajstić information content (AvgIpc) is 2.47. The molecule has 1 aliphatic rings. The van der Waals surface area contributed by atoms with Crippen molar-refractivity contribution in [1.82, 2.24) is 5.32 Å². The summed E-state index contributed by atoms with van der Waals surface area (Å²) in [5.41, 5.74) is 0.0118. The summed E-state index contributed by atoms with van der Waals surface area (Å²) >= 11 is 0. The molecule has 0 radical (unpaired) electrons. The Morgan fingerprint density at radius 1 is 1.40 bits per heavy atom. The van der Waals surface area contributed by atoms with E-state index in [9.17, 15) is 0 Å². The Kier molecular flexibility index (Phi) is 5.09. The second kappa shape index (κ2) is 6.11. The number of amidine groups is 1. The van der Waals surface area contributed by atoms with Crippen LogP contribution >= 0.6 is 0 Å². The van der Waals surface area contributed by atoms with Gasteiger partial charge in [0.15, 0.2) is 0 Å². The van der Waals surface area contributed by atoms with Gasteiger partial charge in [-0.05, 0) is 32.6 Å². The number of aliphatic hydroxyl groups is 1. The molecule has 1 aliphatic heterocycles. The van der Waals surface area contributed by atoms with E-state index in [-0.39, 0.29) is 12.1 Å². The molecular formula is C12H24N2O. The van der Waals surface area contributed by atoms with Gasteiger partial charge in [-0.3, -0.25) is 4.99 Å². The van der Waals surface area contributed by atoms with Crippen LogP contribution in [0.5, 0.6) is 0 Å². The summed E-state index contributed by atoms with van der Waals surface area (Å²) in [7, 11) is 0. The first-order valence-corrected chi connectivity index (χ1v) is 6.12. The summed E-state index contributed by atoms with van der Waals surface area (Å²) < 4.78 is 0. The molecule has 0 saturated heterocycles. The van der Waals surface area contributed by atoms with Crippen molar-refractivity contribution in [1.29, 1.82) is 0 Å². The van der Waals surface area contributed by atoms with Gasteiger partial charge in [0.2, 0.25) is 0 Å². The molecule has 0 spiro atoms. The number of nitrogens with zero attached hydrogens (tertiary/aromatic N) is 1. The number of hydrogen-bond donors (Lipinski definition) is 2. The quantitative estimate of drug-likeness (QED) is 0.749. The molecule has 88 valence electrons. The van der Waals surface area contributed by atoms with Crippen LogP contribution in [0, 0.1) is 0 Å². The molecular weight excluding hydrogens is 188 g/mol. The maximum atomic E-state index is 9.04. The fourth-order valence-electron chi connectivity index (χ4n) is 1.90. The zero-order valence-electron chi connectivity index (χ0n) is 10.1. The molecule has 2 N–H and O–H groups in total. The highest BCUT2D eigenvalue weighted by Crippen LogP contribution is 2.16. The normalized spacial score (nSPS) is 21.4. The van der Waals surface area contributed by atoms with E-state index in [1.54, 1.807) is 0 Å². The van der Waals surface area contributed by atoms with Gasteiger partial charge in [0.05, 0.1) is 5.84 Å². The van der Waals surface area contributed by atoms with Crippen LogP contribution in [0.3, 0.4) is 0 Å². The van der Waals surface area contributed by atoms with Gasteiger partial charge in [-0.15, -0.1) is 0 Å². The monoisotopic (exact) mass is 212 g/mol. The van der Waals surface area contributed by atoms with Crippen LogP contribution in [0.15, 0.2) is 4.99 Å². The highest BCUT2D eigenvalue weighted by Gasteiger charge is 2.22. The van der Waals surface area contributed by atoms with E-state index in [1.807, 2.05) is 0 Å². The van der Waals surface area contributed by atoms with E-state index in [4.69, 9.17) is 5.11 Å². The lowest BCUT2D eigenvalue weighted by atomic mass is 9.94. The lowest BCUT2D eigenvalue weighted by Crippen LogP contribution is -2.46. The second-order valence-corrected chi connectivity index (χ2v) is 4.65. The number of aliphatic imine (C=N–C) groups is 1. The molecule has 0 fully saturated rings. The second-order valence-electron chi connectivity index (χ2n) is 4.65. The summed E-state index contributed by atoms with van der Waals surface area (Å²) in [5.74, 6) is 1.14. The largest absolute Gasteiger partial charge is 0.396 e. The van der Waals surface area contributed by atoms with Gasteiger partial charge in [0, 0.05) is 25.1 Å². The Morgan fingerprint density at radius 2 is 2.20 bits per heavy atom. The van der Waals surface area contributed by atoms with Gasteiger partial charge in [0.25, 0.3) is 0 Å². The zero-order valence-corrected chi connectivity index (χ0v) is 10.1. The summed E-state index contributed by atoms with van der Waals surface area (Å²) in [6, 6.07) is 0. The molecule has 3 heteroatoms. The molecule has 0 aromatic carbocycles. The molecule has 0 amide bonds. The fraction of sp³-hybridized carbons (Fsp3) is 0.917. The van der Waals surface area contributed by atoms with Crippen molar-refractivity contribution in [3.8, 4) is 0 Å². The maximum Gasteiger partial charge on any atom is 0.0967 e. The molecule has 15 heavy (non-hydrogen) atoms. The third-order valence-corrected chi connectivity index (χ3v) is 3.26. The molecule has 1 unspecified atom stereocenters. The maximum absolute atomic E-state index is 9.04. The number of nitrogens with one attached hydrogen (secondary N) is 1. The van der Waals surface area contributed by atoms with Gasteiger partial charge >= 0.3 is 0 Å². The van der Waals surface area contributed by atoms with Gasteiger partial charge in [0.1, 0.15) is 0 Å². The van der Waals surface area contributed by atoms with Crippen LogP contribution in [-0.4, -0.2) is 29.6 Å². The Hall–Kier alpha value is -0.570. The topological polar surface area (TPSA) is 44.6 Å². The molecule has 1 atom stereocenters. The molecule has 0 aromatic rings. The molecule has 0 saturated carbocycles. The van der Waals surface area contributed by atoms with Crippen molar-refractivity contribution >= 4 is 5.84 Å². The van der Waals surface area contributed by atoms with E-state index in [2.05, 4.69) is 24.2 Å². The van der Waals surface area contributed by atoms with Gasteiger partial charge < -0.3 is 10.4 Å². The zero-order chi connectivity index (χ0) is 11.1. The fourth-order valence-corrected chi connectivity index (χ4v) is 1.90. The van der Waals surface area contributed by atoms with Crippen molar-refractivity contribution in [2.24, 2.45) is 4.99 Å². The standard InChI is InChI=1S/C12H24N2O/c1-3-12(2,8-10-15)14-11-7-5-4-6-9-13-11/h15H,3-10H2,1-2H3,(H,13,14). The minimum atomic E-state index is 0.0118. The molecule has 0 bridgehead atoms. The molecule has 1 rings (SSSR count). The summed E-state index contributed by atoms with van der Waals surface area (Å²) in [5, 5.41) is 12.6. The average molecular weight is 212 g/mol. The highest BCUT2D eigenvalue weighted by molar-refractivity contribution is 5.83. The van der Waals surface area contributed by atoms with Crippen LogP contribution in [0.1, 0.15) is 52.4 Å². The molecule has 0 aromatic heterocycles. The predicted molar refractivity (Wildman–Crippen MR) is 64.3 cm³/mol. The lowest BCUT2D eigenvalue weighted by molar-refractivity contribution is 0.231. The van der Waals surface area contributed by atoms with Gasteiger partial charge in [-0.25, -0.2) is 0 Å². The first-order valence-electron chi connectivity index (χ1n) is 6.12.